The quantitative estimate of drug-likeness (QED) is 0.325. The van der Waals surface area contributed by atoms with E-state index in [0.29, 0.717) is 37.0 Å². The molecule has 0 saturated carbocycles. The first-order chi connectivity index (χ1) is 15.9. The minimum absolute atomic E-state index is 0.118. The molecule has 7 nitrogen and oxygen atoms in total. The zero-order chi connectivity index (χ0) is 23.0. The van der Waals surface area contributed by atoms with Crippen molar-refractivity contribution in [3.05, 3.63) is 76.4 Å². The van der Waals surface area contributed by atoms with Crippen LogP contribution in [0.1, 0.15) is 0 Å². The molecule has 1 aliphatic rings. The number of anilines is 2. The van der Waals surface area contributed by atoms with E-state index in [1.54, 1.807) is 36.4 Å². The molecule has 0 spiro atoms. The van der Waals surface area contributed by atoms with Gasteiger partial charge in [0.1, 0.15) is 0 Å². The van der Waals surface area contributed by atoms with E-state index >= 15 is 0 Å². The summed E-state index contributed by atoms with van der Waals surface area (Å²) in [6.07, 6.45) is 1.49. The Morgan fingerprint density at radius 3 is 2.33 bits per heavy atom. The van der Waals surface area contributed by atoms with Gasteiger partial charge in [-0.25, -0.2) is 8.42 Å². The van der Waals surface area contributed by atoms with Crippen LogP contribution < -0.4 is 9.80 Å². The van der Waals surface area contributed by atoms with Crippen LogP contribution in [0.15, 0.2) is 90.2 Å². The summed E-state index contributed by atoms with van der Waals surface area (Å²) in [5.41, 5.74) is 1.03. The molecule has 10 heteroatoms. The fraction of sp³-hybridized carbons (Fsp3) is 0.174. The normalized spacial score (nSPS) is 14.6. The Morgan fingerprint density at radius 2 is 1.67 bits per heavy atom. The molecule has 0 radical (unpaired) electrons. The van der Waals surface area contributed by atoms with Crippen molar-refractivity contribution >= 4 is 48.9 Å². The molecule has 5 rings (SSSR count). The van der Waals surface area contributed by atoms with Crippen molar-refractivity contribution in [1.82, 2.24) is 4.98 Å². The standard InChI is InChI=1S/C23H19BrClN3O4S/c24-16-6-8-19(9-7-16)33(29,30)22-23(32-21(26-22)20-5-2-14-31-20)28-12-10-27(11-13-28)18-4-1-3-17(25)15-18/h1-9,14-15H,10-13H2. The molecule has 2 aromatic carbocycles. The summed E-state index contributed by atoms with van der Waals surface area (Å²) < 4.78 is 39.2. The molecule has 0 N–H and O–H groups in total. The van der Waals surface area contributed by atoms with Gasteiger partial charge in [0.2, 0.25) is 20.7 Å². The molecule has 1 aliphatic heterocycles. The first kappa shape index (κ1) is 22.1. The van der Waals surface area contributed by atoms with Crippen molar-refractivity contribution in [2.75, 3.05) is 36.0 Å². The van der Waals surface area contributed by atoms with Gasteiger partial charge in [-0.2, -0.15) is 4.98 Å². The fourth-order valence-electron chi connectivity index (χ4n) is 3.74. The van der Waals surface area contributed by atoms with Gasteiger partial charge in [-0.3, -0.25) is 0 Å². The summed E-state index contributed by atoms with van der Waals surface area (Å²) in [7, 11) is -3.92. The third kappa shape index (κ3) is 4.40. The lowest BCUT2D eigenvalue weighted by Gasteiger charge is -2.36. The topological polar surface area (TPSA) is 79.8 Å². The van der Waals surface area contributed by atoms with E-state index in [1.807, 2.05) is 29.2 Å². The van der Waals surface area contributed by atoms with E-state index in [9.17, 15) is 8.42 Å². The molecule has 33 heavy (non-hydrogen) atoms. The second-order valence-electron chi connectivity index (χ2n) is 7.52. The Balaban J connectivity index is 1.49. The van der Waals surface area contributed by atoms with Gasteiger partial charge in [0, 0.05) is 41.4 Å². The molecule has 4 aromatic rings. The summed E-state index contributed by atoms with van der Waals surface area (Å²) >= 11 is 9.48. The molecular weight excluding hydrogens is 530 g/mol. The van der Waals surface area contributed by atoms with Crippen LogP contribution in [0.4, 0.5) is 11.6 Å². The van der Waals surface area contributed by atoms with Crippen LogP contribution >= 0.6 is 27.5 Å². The van der Waals surface area contributed by atoms with E-state index < -0.39 is 9.84 Å². The van der Waals surface area contributed by atoms with Gasteiger partial charge in [0.15, 0.2) is 5.76 Å². The zero-order valence-electron chi connectivity index (χ0n) is 17.3. The molecule has 0 amide bonds. The van der Waals surface area contributed by atoms with Gasteiger partial charge in [-0.15, -0.1) is 0 Å². The van der Waals surface area contributed by atoms with E-state index in [-0.39, 0.29) is 21.7 Å². The largest absolute Gasteiger partial charge is 0.459 e. The number of hydrogen-bond donors (Lipinski definition) is 0. The molecular formula is C23H19BrClN3O4S. The SMILES string of the molecule is O=S(=O)(c1ccc(Br)cc1)c1nc(-c2ccco2)oc1N1CCN(c2cccc(Cl)c2)CC1. The van der Waals surface area contributed by atoms with Gasteiger partial charge in [-0.1, -0.05) is 33.6 Å². The lowest BCUT2D eigenvalue weighted by atomic mass is 10.2. The fourth-order valence-corrected chi connectivity index (χ4v) is 5.51. The van der Waals surface area contributed by atoms with Crippen LogP contribution in [0.25, 0.3) is 11.7 Å². The van der Waals surface area contributed by atoms with Gasteiger partial charge in [0.25, 0.3) is 5.89 Å². The predicted octanol–water partition coefficient (Wildman–Crippen LogP) is 5.51. The Hall–Kier alpha value is -2.75. The number of benzene rings is 2. The molecule has 0 unspecified atom stereocenters. The van der Waals surface area contributed by atoms with Crippen molar-refractivity contribution in [3.8, 4) is 11.7 Å². The summed E-state index contributed by atoms with van der Waals surface area (Å²) in [6.45, 7) is 2.47. The minimum Gasteiger partial charge on any atom is -0.459 e. The average molecular weight is 549 g/mol. The predicted molar refractivity (Wildman–Crippen MR) is 130 cm³/mol. The lowest BCUT2D eigenvalue weighted by Crippen LogP contribution is -2.46. The third-order valence-corrected chi connectivity index (χ3v) is 7.86. The maximum absolute atomic E-state index is 13.5. The van der Waals surface area contributed by atoms with Crippen LogP contribution in [0.2, 0.25) is 5.02 Å². The Labute approximate surface area is 204 Å². The van der Waals surface area contributed by atoms with Crippen molar-refractivity contribution in [1.29, 1.82) is 0 Å². The van der Waals surface area contributed by atoms with Gasteiger partial charge < -0.3 is 18.6 Å². The second-order valence-corrected chi connectivity index (χ2v) is 10.7. The van der Waals surface area contributed by atoms with E-state index in [4.69, 9.17) is 20.4 Å². The van der Waals surface area contributed by atoms with Gasteiger partial charge in [0.05, 0.1) is 11.2 Å². The minimum atomic E-state index is -3.92. The first-order valence-corrected chi connectivity index (χ1v) is 12.9. The van der Waals surface area contributed by atoms with Gasteiger partial charge >= 0.3 is 0 Å². The highest BCUT2D eigenvalue weighted by molar-refractivity contribution is 9.10. The number of hydrogen-bond acceptors (Lipinski definition) is 7. The first-order valence-electron chi connectivity index (χ1n) is 10.2. The Kier molecular flexibility index (Phi) is 5.94. The number of furan rings is 1. The number of aromatic nitrogens is 1. The molecule has 0 bridgehead atoms. The van der Waals surface area contributed by atoms with Crippen molar-refractivity contribution in [3.63, 3.8) is 0 Å². The molecule has 1 saturated heterocycles. The number of sulfone groups is 1. The summed E-state index contributed by atoms with van der Waals surface area (Å²) in [4.78, 5) is 8.61. The van der Waals surface area contributed by atoms with Crippen LogP contribution in [0.5, 0.6) is 0 Å². The van der Waals surface area contributed by atoms with Crippen molar-refractivity contribution in [2.45, 2.75) is 9.92 Å². The van der Waals surface area contributed by atoms with E-state index in [0.717, 1.165) is 10.2 Å². The van der Waals surface area contributed by atoms with Crippen molar-refractivity contribution < 1.29 is 17.3 Å². The van der Waals surface area contributed by atoms with E-state index in [2.05, 4.69) is 25.8 Å². The number of halogens is 2. The molecule has 0 aliphatic carbocycles. The molecule has 2 aromatic heterocycles. The molecule has 170 valence electrons. The van der Waals surface area contributed by atoms with Crippen molar-refractivity contribution in [2.24, 2.45) is 0 Å². The summed E-state index contributed by atoms with van der Waals surface area (Å²) in [5, 5.41) is 0.559. The average Bonchev–Trinajstić information content (AvgIpc) is 3.50. The second kappa shape index (κ2) is 8.89. The Bertz CT molecular complexity index is 1360. The Morgan fingerprint density at radius 1 is 0.939 bits per heavy atom. The summed E-state index contributed by atoms with van der Waals surface area (Å²) in [5.74, 6) is 0.712. The van der Waals surface area contributed by atoms with Crippen LogP contribution in [-0.4, -0.2) is 39.6 Å². The zero-order valence-corrected chi connectivity index (χ0v) is 20.5. The van der Waals surface area contributed by atoms with Crippen LogP contribution in [0, 0.1) is 0 Å². The third-order valence-electron chi connectivity index (χ3n) is 5.43. The maximum Gasteiger partial charge on any atom is 0.266 e. The highest BCUT2D eigenvalue weighted by Gasteiger charge is 2.33. The number of piperazine rings is 1. The van der Waals surface area contributed by atoms with Gasteiger partial charge in [-0.05, 0) is 54.6 Å². The highest BCUT2D eigenvalue weighted by atomic mass is 79.9. The highest BCUT2D eigenvalue weighted by Crippen LogP contribution is 2.36. The smallest absolute Gasteiger partial charge is 0.266 e. The van der Waals surface area contributed by atoms with Crippen LogP contribution in [0.3, 0.4) is 0 Å². The van der Waals surface area contributed by atoms with E-state index in [1.165, 1.54) is 6.26 Å². The van der Waals surface area contributed by atoms with Crippen LogP contribution in [-0.2, 0) is 9.84 Å². The monoisotopic (exact) mass is 547 g/mol. The summed E-state index contributed by atoms with van der Waals surface area (Å²) in [6, 6.07) is 17.5. The number of oxazole rings is 1. The lowest BCUT2D eigenvalue weighted by molar-refractivity contribution is 0.498. The molecule has 0 atom stereocenters. The molecule has 3 heterocycles. The maximum atomic E-state index is 13.5. The molecule has 1 fully saturated rings. The number of rotatable bonds is 5. The number of nitrogens with zero attached hydrogens (tertiary/aromatic N) is 3.